The first-order valence-corrected chi connectivity index (χ1v) is 11.2. The van der Waals surface area contributed by atoms with Crippen LogP contribution in [-0.4, -0.2) is 59.4 Å². The van der Waals surface area contributed by atoms with Gasteiger partial charge in [-0.2, -0.15) is 0 Å². The van der Waals surface area contributed by atoms with Gasteiger partial charge in [0, 0.05) is 24.4 Å². The lowest BCUT2D eigenvalue weighted by atomic mass is 9.74. The van der Waals surface area contributed by atoms with Crippen molar-refractivity contribution in [3.63, 3.8) is 0 Å². The van der Waals surface area contributed by atoms with Crippen molar-refractivity contribution in [2.45, 2.75) is 52.9 Å². The SMILES string of the molecule is C.COc1ccccc1/C=C/C(=O)C[C@@H](CCCN=C(N)N[N+](=O)[O-])C(=O)N[C@@H](CC(C)C)B(O)O. The van der Waals surface area contributed by atoms with Gasteiger partial charge in [-0.25, -0.2) is 15.1 Å². The van der Waals surface area contributed by atoms with Crippen molar-refractivity contribution in [1.29, 1.82) is 0 Å². The van der Waals surface area contributed by atoms with Gasteiger partial charge in [0.05, 0.1) is 13.1 Å². The van der Waals surface area contributed by atoms with E-state index in [1.165, 1.54) is 13.2 Å². The molecule has 1 aromatic carbocycles. The molecule has 0 bridgehead atoms. The van der Waals surface area contributed by atoms with Crippen LogP contribution < -0.4 is 21.2 Å². The quantitative estimate of drug-likeness (QED) is 0.0444. The third-order valence-electron chi connectivity index (χ3n) is 5.02. The average molecular weight is 507 g/mol. The van der Waals surface area contributed by atoms with Crippen LogP contribution in [0.3, 0.4) is 0 Å². The van der Waals surface area contributed by atoms with E-state index >= 15 is 0 Å². The summed E-state index contributed by atoms with van der Waals surface area (Å²) in [4.78, 5) is 39.8. The lowest BCUT2D eigenvalue weighted by molar-refractivity contribution is -0.525. The largest absolute Gasteiger partial charge is 0.496 e. The molecule has 12 nitrogen and oxygen atoms in total. The summed E-state index contributed by atoms with van der Waals surface area (Å²) >= 11 is 0. The summed E-state index contributed by atoms with van der Waals surface area (Å²) in [5.74, 6) is -2.15. The van der Waals surface area contributed by atoms with Gasteiger partial charge in [0.2, 0.25) is 5.91 Å². The summed E-state index contributed by atoms with van der Waals surface area (Å²) in [6.07, 6.45) is 3.72. The number of nitrogens with one attached hydrogen (secondary N) is 2. The molecule has 6 N–H and O–H groups in total. The third kappa shape index (κ3) is 12.9. The first-order chi connectivity index (χ1) is 16.5. The number of hydrogen-bond donors (Lipinski definition) is 5. The number of nitro groups is 1. The molecule has 1 rings (SSSR count). The van der Waals surface area contributed by atoms with Crippen LogP contribution in [0.2, 0.25) is 0 Å². The van der Waals surface area contributed by atoms with Gasteiger partial charge in [0.1, 0.15) is 5.75 Å². The van der Waals surface area contributed by atoms with Crippen LogP contribution in [0.25, 0.3) is 6.08 Å². The van der Waals surface area contributed by atoms with E-state index in [2.05, 4.69) is 10.3 Å². The Hall–Kier alpha value is -3.45. The lowest BCUT2D eigenvalue weighted by Crippen LogP contribution is -2.49. The zero-order chi connectivity index (χ0) is 26.4. The van der Waals surface area contributed by atoms with Crippen molar-refractivity contribution in [3.8, 4) is 5.75 Å². The Balaban J connectivity index is 0.0000122. The summed E-state index contributed by atoms with van der Waals surface area (Å²) in [6.45, 7) is 3.86. The fraction of sp³-hybridized carbons (Fsp3) is 0.522. The number of hydrazine groups is 1. The zero-order valence-electron chi connectivity index (χ0n) is 20.2. The molecular formula is C23H38BN5O7. The van der Waals surface area contributed by atoms with Crippen LogP contribution in [0.1, 0.15) is 52.5 Å². The molecule has 200 valence electrons. The summed E-state index contributed by atoms with van der Waals surface area (Å²) in [5.41, 5.74) is 7.81. The van der Waals surface area contributed by atoms with Crippen LogP contribution in [-0.2, 0) is 9.59 Å². The topological polar surface area (TPSA) is 189 Å². The first-order valence-electron chi connectivity index (χ1n) is 11.2. The second kappa shape index (κ2) is 17.1. The highest BCUT2D eigenvalue weighted by molar-refractivity contribution is 6.43. The minimum absolute atomic E-state index is 0. The Bertz CT molecular complexity index is 909. The fourth-order valence-corrected chi connectivity index (χ4v) is 3.35. The number of nitrogens with two attached hydrogens (primary N) is 1. The molecule has 0 radical (unpaired) electrons. The number of rotatable bonds is 15. The Morgan fingerprint density at radius 3 is 2.56 bits per heavy atom. The highest BCUT2D eigenvalue weighted by Gasteiger charge is 2.29. The van der Waals surface area contributed by atoms with E-state index in [-0.39, 0.29) is 44.5 Å². The van der Waals surface area contributed by atoms with Crippen molar-refractivity contribution in [3.05, 3.63) is 46.0 Å². The van der Waals surface area contributed by atoms with Gasteiger partial charge in [0.15, 0.2) is 10.8 Å². The number of benzene rings is 1. The predicted molar refractivity (Wildman–Crippen MR) is 139 cm³/mol. The Labute approximate surface area is 212 Å². The summed E-state index contributed by atoms with van der Waals surface area (Å²) in [5, 5.41) is 31.5. The van der Waals surface area contributed by atoms with Crippen molar-refractivity contribution in [2.75, 3.05) is 13.7 Å². The normalized spacial score (nSPS) is 13.0. The van der Waals surface area contributed by atoms with Crippen molar-refractivity contribution < 1.29 is 29.4 Å². The maximum absolute atomic E-state index is 12.9. The molecule has 0 saturated carbocycles. The van der Waals surface area contributed by atoms with Gasteiger partial charge in [-0.05, 0) is 43.4 Å². The minimum Gasteiger partial charge on any atom is -0.496 e. The molecule has 0 aliphatic carbocycles. The first kappa shape index (κ1) is 32.6. The smallest absolute Gasteiger partial charge is 0.475 e. The monoisotopic (exact) mass is 507 g/mol. The number of allylic oxidation sites excluding steroid dienone is 1. The standard InChI is InChI=1S/C22H34BN5O7.CH4/c1-15(2)13-20(23(31)32)26-21(30)17(8-6-12-25-22(24)27-28(33)34)14-18(29)11-10-16-7-4-5-9-19(16)35-3;/h4-5,7,9-11,15,17,20,31-32H,6,8,12-14H2,1-3H3,(H,26,30)(H3,24,25,27);1H4/b11-10+;/t17-,20+;/m1./s1. The number of methoxy groups -OCH3 is 1. The number of carbonyl (C=O) groups is 2. The molecule has 1 amide bonds. The van der Waals surface area contributed by atoms with Gasteiger partial charge < -0.3 is 25.8 Å². The van der Waals surface area contributed by atoms with E-state index in [9.17, 15) is 29.8 Å². The van der Waals surface area contributed by atoms with Gasteiger partial charge in [-0.1, -0.05) is 44.9 Å². The minimum atomic E-state index is -1.75. The summed E-state index contributed by atoms with van der Waals surface area (Å²) in [7, 11) is -0.227. The lowest BCUT2D eigenvalue weighted by Gasteiger charge is -2.23. The highest BCUT2D eigenvalue weighted by atomic mass is 16.7. The zero-order valence-corrected chi connectivity index (χ0v) is 20.2. The van der Waals surface area contributed by atoms with E-state index in [1.807, 2.05) is 13.8 Å². The molecule has 0 unspecified atom stereocenters. The van der Waals surface area contributed by atoms with Crippen LogP contribution in [0.5, 0.6) is 5.75 Å². The number of amides is 1. The number of guanidine groups is 1. The molecule has 2 atom stereocenters. The van der Waals surface area contributed by atoms with Gasteiger partial charge in [0.25, 0.3) is 5.96 Å². The molecule has 13 heteroatoms. The van der Waals surface area contributed by atoms with Crippen molar-refractivity contribution in [1.82, 2.24) is 10.7 Å². The van der Waals surface area contributed by atoms with Gasteiger partial charge >= 0.3 is 7.12 Å². The highest BCUT2D eigenvalue weighted by Crippen LogP contribution is 2.20. The average Bonchev–Trinajstić information content (AvgIpc) is 2.78. The fourth-order valence-electron chi connectivity index (χ4n) is 3.35. The molecule has 0 aromatic heterocycles. The van der Waals surface area contributed by atoms with Crippen LogP contribution in [0.15, 0.2) is 35.3 Å². The van der Waals surface area contributed by atoms with Gasteiger partial charge in [-0.3, -0.25) is 9.59 Å². The third-order valence-corrected chi connectivity index (χ3v) is 5.02. The number of hydrogen-bond acceptors (Lipinski definition) is 8. The number of ketones is 1. The summed E-state index contributed by atoms with van der Waals surface area (Å²) < 4.78 is 5.26. The Morgan fingerprint density at radius 1 is 1.31 bits per heavy atom. The molecular weight excluding hydrogens is 469 g/mol. The number of nitrogens with zero attached hydrogens (tertiary/aromatic N) is 2. The van der Waals surface area contributed by atoms with Crippen molar-refractivity contribution in [2.24, 2.45) is 22.6 Å². The van der Waals surface area contributed by atoms with E-state index in [4.69, 9.17) is 10.5 Å². The van der Waals surface area contributed by atoms with Gasteiger partial charge in [-0.15, -0.1) is 0 Å². The number of ether oxygens (including phenoxy) is 1. The maximum atomic E-state index is 12.9. The summed E-state index contributed by atoms with van der Waals surface area (Å²) in [6, 6.07) is 7.15. The second-order valence-electron chi connectivity index (χ2n) is 8.38. The second-order valence-corrected chi connectivity index (χ2v) is 8.38. The van der Waals surface area contributed by atoms with Crippen LogP contribution in [0, 0.1) is 22.0 Å². The van der Waals surface area contributed by atoms with Crippen molar-refractivity contribution >= 4 is 30.8 Å². The Kier molecular flexibility index (Phi) is 15.4. The van der Waals surface area contributed by atoms with Crippen LogP contribution >= 0.6 is 0 Å². The molecule has 0 heterocycles. The maximum Gasteiger partial charge on any atom is 0.475 e. The molecule has 0 aliphatic heterocycles. The molecule has 36 heavy (non-hydrogen) atoms. The van der Waals surface area contributed by atoms with Crippen LogP contribution in [0.4, 0.5) is 0 Å². The number of aliphatic imine (C=N–C) groups is 1. The number of carbonyl (C=O) groups excluding carboxylic acids is 2. The molecule has 0 saturated heterocycles. The Morgan fingerprint density at radius 2 is 1.97 bits per heavy atom. The predicted octanol–water partition coefficient (Wildman–Crippen LogP) is 1.34. The van der Waals surface area contributed by atoms with E-state index in [0.29, 0.717) is 24.2 Å². The number of para-hydroxylation sites is 1. The van der Waals surface area contributed by atoms with E-state index in [0.717, 1.165) is 0 Å². The van der Waals surface area contributed by atoms with E-state index < -0.39 is 29.9 Å². The molecule has 0 aliphatic rings. The molecule has 0 spiro atoms. The van der Waals surface area contributed by atoms with E-state index in [1.54, 1.807) is 35.8 Å². The molecule has 0 fully saturated rings. The molecule has 1 aromatic rings.